The lowest BCUT2D eigenvalue weighted by atomic mass is 9.93. The molecule has 30 atom stereocenters. The van der Waals surface area contributed by atoms with Crippen LogP contribution in [0.4, 0.5) is 0 Å². The third-order valence-corrected chi connectivity index (χ3v) is 13.2. The summed E-state index contributed by atoms with van der Waals surface area (Å²) in [4.78, 5) is 25.3. The number of carbonyl (C=O) groups excluding carboxylic acids is 2. The maximum absolute atomic E-state index is 13.2. The van der Waals surface area contributed by atoms with Gasteiger partial charge in [0, 0.05) is 13.8 Å². The molecule has 18 N–H and O–H groups in total. The molecule has 412 valence electrons. The van der Waals surface area contributed by atoms with Crippen LogP contribution in [0.1, 0.15) is 27.7 Å². The van der Waals surface area contributed by atoms with Gasteiger partial charge in [-0.05, 0) is 13.8 Å². The second kappa shape index (κ2) is 24.7. The van der Waals surface area contributed by atoms with Crippen LogP contribution in [0.5, 0.6) is 0 Å². The number of rotatable bonds is 16. The highest BCUT2D eigenvalue weighted by Crippen LogP contribution is 2.38. The molecule has 6 aliphatic heterocycles. The Morgan fingerprint density at radius 2 is 0.761 bits per heavy atom. The van der Waals surface area contributed by atoms with E-state index in [9.17, 15) is 91.3 Å². The maximum Gasteiger partial charge on any atom is 0.217 e. The zero-order valence-corrected chi connectivity index (χ0v) is 38.6. The van der Waals surface area contributed by atoms with Crippen LogP contribution in [0.15, 0.2) is 0 Å². The molecule has 6 aliphatic rings. The first kappa shape index (κ1) is 58.1. The number of ether oxygens (including phenoxy) is 11. The summed E-state index contributed by atoms with van der Waals surface area (Å²) < 4.78 is 64.5. The fourth-order valence-corrected chi connectivity index (χ4v) is 9.18. The summed E-state index contributed by atoms with van der Waals surface area (Å²) in [5, 5.41) is 178. The maximum atomic E-state index is 13.2. The summed E-state index contributed by atoms with van der Waals surface area (Å²) in [6, 6.07) is -3.46. The van der Waals surface area contributed by atoms with Crippen molar-refractivity contribution in [2.45, 2.75) is 212 Å². The van der Waals surface area contributed by atoms with Crippen LogP contribution in [0.25, 0.3) is 0 Å². The van der Waals surface area contributed by atoms with E-state index in [1.54, 1.807) is 0 Å². The van der Waals surface area contributed by atoms with Crippen molar-refractivity contribution in [2.75, 3.05) is 26.4 Å². The third kappa shape index (κ3) is 12.4. The predicted molar refractivity (Wildman–Crippen MR) is 220 cm³/mol. The molecule has 31 heteroatoms. The van der Waals surface area contributed by atoms with Crippen molar-refractivity contribution in [1.29, 1.82) is 0 Å². The highest BCUT2D eigenvalue weighted by atomic mass is 16.8. The molecule has 6 rings (SSSR count). The van der Waals surface area contributed by atoms with Gasteiger partial charge < -0.3 is 144 Å². The molecule has 71 heavy (non-hydrogen) atoms. The molecule has 0 aromatic carbocycles. The smallest absolute Gasteiger partial charge is 0.217 e. The van der Waals surface area contributed by atoms with Crippen molar-refractivity contribution in [3.8, 4) is 0 Å². The van der Waals surface area contributed by atoms with Gasteiger partial charge in [-0.2, -0.15) is 0 Å². The Labute approximate surface area is 403 Å². The molecule has 0 spiro atoms. The van der Waals surface area contributed by atoms with Gasteiger partial charge in [0.05, 0.1) is 38.6 Å². The Kier molecular flexibility index (Phi) is 20.2. The molecule has 0 radical (unpaired) electrons. The van der Waals surface area contributed by atoms with E-state index in [1.165, 1.54) is 13.8 Å². The molecule has 1 unspecified atom stereocenters. The van der Waals surface area contributed by atoms with Crippen molar-refractivity contribution in [1.82, 2.24) is 10.6 Å². The summed E-state index contributed by atoms with van der Waals surface area (Å²) in [5.74, 6) is -1.65. The summed E-state index contributed by atoms with van der Waals surface area (Å²) in [6.45, 7) is 0.699. The lowest BCUT2D eigenvalue weighted by Crippen LogP contribution is -2.72. The fourth-order valence-electron chi connectivity index (χ4n) is 9.18. The van der Waals surface area contributed by atoms with Gasteiger partial charge in [-0.3, -0.25) is 9.59 Å². The summed E-state index contributed by atoms with van der Waals surface area (Å²) in [7, 11) is 0. The van der Waals surface area contributed by atoms with Gasteiger partial charge in [0.15, 0.2) is 37.7 Å². The van der Waals surface area contributed by atoms with Crippen LogP contribution >= 0.6 is 0 Å². The van der Waals surface area contributed by atoms with Crippen LogP contribution in [-0.4, -0.2) is 304 Å². The number of amides is 2. The molecule has 2 amide bonds. The number of nitrogens with one attached hydrogen (secondary N) is 2. The quantitative estimate of drug-likeness (QED) is 0.0682. The minimum absolute atomic E-state index is 0.748. The summed E-state index contributed by atoms with van der Waals surface area (Å²) >= 11 is 0. The van der Waals surface area contributed by atoms with E-state index < -0.39 is 222 Å². The molecular formula is C40H68N2O29. The first-order valence-electron chi connectivity index (χ1n) is 22.8. The highest BCUT2D eigenvalue weighted by molar-refractivity contribution is 5.73. The average Bonchev–Trinajstić information content (AvgIpc) is 3.33. The minimum Gasteiger partial charge on any atom is -0.394 e. The SMILES string of the molecule is CC(=O)N[C@H]1[C@H](O[C@@H]2[C@H](O)[C@H](O[C@H]3[C@@H](O)[C@@H](CO)OC(O)[C@H]3NC(C)=O)O[C@H](CO)[C@@H]2O)O[C@H](CO)[C@@H](O[C@@H]2O[C@@H](C)[C@@H](O)[C@@H](O)[C@@H]2O)[C@@H]1O[C@@H]1O[C@H](CO)[C@H](O)[C@H](O)[C@H]1O[C@@H]1O[C@@H](C)[C@@H](O)[C@@H](O)[C@@H]1O. The standard InChI is InChI=1S/C40H68N2O29/c1-9-19(49)24(54)27(57)37(61-9)67-30-16(8-46)66-36(70-33-23(53)15(7-45)64-39(29(33)59)68-31-17(41-11(3)47)35(60)63-14(6-44)22(31)52)18(42-12(4)48)32(30)69-40-34(26(56)21(51)13(5-43)65-40)71-38-28(58)25(55)20(50)10(2)62-38/h9-10,13-40,43-46,49-60H,5-8H2,1-4H3,(H,41,47)(H,42,48)/t9-,10-,13+,14+,15+,16+,17-,18+,19+,20+,21-,22-,23-,24+,25+,26-,27-,28-,29-,30+,31+,32+,33-,34+,35?,36-,37-,38-,39-,40-/m0/s1. The van der Waals surface area contributed by atoms with Gasteiger partial charge in [-0.15, -0.1) is 0 Å². The van der Waals surface area contributed by atoms with E-state index in [0.717, 1.165) is 13.8 Å². The largest absolute Gasteiger partial charge is 0.394 e. The monoisotopic (exact) mass is 1040 g/mol. The molecule has 0 saturated carbocycles. The van der Waals surface area contributed by atoms with Crippen molar-refractivity contribution >= 4 is 11.8 Å². The van der Waals surface area contributed by atoms with Crippen LogP contribution in [0.3, 0.4) is 0 Å². The van der Waals surface area contributed by atoms with Crippen LogP contribution in [-0.2, 0) is 61.7 Å². The number of hydrogen-bond acceptors (Lipinski definition) is 29. The Bertz CT molecular complexity index is 1710. The summed E-state index contributed by atoms with van der Waals surface area (Å²) in [6.07, 6.45) is -52.0. The first-order chi connectivity index (χ1) is 33.5. The van der Waals surface area contributed by atoms with Crippen LogP contribution < -0.4 is 10.6 Å². The van der Waals surface area contributed by atoms with Crippen molar-refractivity contribution in [3.63, 3.8) is 0 Å². The van der Waals surface area contributed by atoms with Crippen LogP contribution in [0, 0.1) is 0 Å². The van der Waals surface area contributed by atoms with Gasteiger partial charge in [0.25, 0.3) is 0 Å². The summed E-state index contributed by atoms with van der Waals surface area (Å²) in [5.41, 5.74) is 0. The minimum atomic E-state index is -2.21. The van der Waals surface area contributed by atoms with Crippen molar-refractivity contribution < 1.29 is 143 Å². The number of aliphatic hydroxyl groups excluding tert-OH is 16. The van der Waals surface area contributed by atoms with E-state index >= 15 is 0 Å². The third-order valence-electron chi connectivity index (χ3n) is 13.2. The number of hydrogen-bond donors (Lipinski definition) is 18. The second-order valence-corrected chi connectivity index (χ2v) is 18.2. The molecule has 31 nitrogen and oxygen atoms in total. The topological polar surface area (TPSA) is 483 Å². The lowest BCUT2D eigenvalue weighted by molar-refractivity contribution is -0.399. The lowest BCUT2D eigenvalue weighted by Gasteiger charge is -2.52. The Morgan fingerprint density at radius 1 is 0.366 bits per heavy atom. The zero-order chi connectivity index (χ0) is 52.5. The molecule has 0 aromatic heterocycles. The molecule has 6 heterocycles. The molecular weight excluding hydrogens is 972 g/mol. The first-order valence-corrected chi connectivity index (χ1v) is 22.8. The predicted octanol–water partition coefficient (Wildman–Crippen LogP) is -11.8. The van der Waals surface area contributed by atoms with Gasteiger partial charge in [-0.1, -0.05) is 0 Å². The fraction of sp³-hybridized carbons (Fsp3) is 0.950. The van der Waals surface area contributed by atoms with Gasteiger partial charge in [0.2, 0.25) is 11.8 Å². The number of aliphatic hydroxyl groups is 16. The molecule has 0 aliphatic carbocycles. The van der Waals surface area contributed by atoms with Crippen molar-refractivity contribution in [2.24, 2.45) is 0 Å². The van der Waals surface area contributed by atoms with E-state index in [1.807, 2.05) is 0 Å². The van der Waals surface area contributed by atoms with E-state index in [2.05, 4.69) is 10.6 Å². The van der Waals surface area contributed by atoms with Crippen molar-refractivity contribution in [3.05, 3.63) is 0 Å². The Balaban J connectivity index is 1.39. The van der Waals surface area contributed by atoms with E-state index in [0.29, 0.717) is 0 Å². The zero-order valence-electron chi connectivity index (χ0n) is 38.6. The Morgan fingerprint density at radius 3 is 1.28 bits per heavy atom. The van der Waals surface area contributed by atoms with E-state index in [4.69, 9.17) is 52.1 Å². The molecule has 6 fully saturated rings. The average molecular weight is 1040 g/mol. The van der Waals surface area contributed by atoms with Crippen LogP contribution in [0.2, 0.25) is 0 Å². The molecule has 0 aromatic rings. The second-order valence-electron chi connectivity index (χ2n) is 18.2. The normalized spacial score (nSPS) is 50.8. The van der Waals surface area contributed by atoms with Gasteiger partial charge in [-0.25, -0.2) is 0 Å². The Hall–Kier alpha value is -2.14. The van der Waals surface area contributed by atoms with Gasteiger partial charge in [0.1, 0.15) is 134 Å². The number of carbonyl (C=O) groups is 2. The highest BCUT2D eigenvalue weighted by Gasteiger charge is 2.59. The van der Waals surface area contributed by atoms with Gasteiger partial charge >= 0.3 is 0 Å². The molecule has 6 saturated heterocycles. The van der Waals surface area contributed by atoms with E-state index in [-0.39, 0.29) is 0 Å². The molecule has 0 bridgehead atoms.